The maximum Gasteiger partial charge on any atom is 0.148 e. The van der Waals surface area contributed by atoms with E-state index in [9.17, 15) is 4.79 Å². The van der Waals surface area contributed by atoms with Crippen LogP contribution in [-0.4, -0.2) is 43.0 Å². The number of likely N-dealkylation sites (tertiary alicyclic amines) is 1. The van der Waals surface area contributed by atoms with E-state index in [0.717, 1.165) is 32.6 Å². The van der Waals surface area contributed by atoms with Crippen LogP contribution in [0, 0.1) is 0 Å². The molecule has 2 aliphatic heterocycles. The minimum atomic E-state index is 0.386. The highest BCUT2D eigenvalue weighted by molar-refractivity contribution is 5.82. The summed E-state index contributed by atoms with van der Waals surface area (Å²) >= 11 is 0. The number of hydrogen-bond acceptors (Lipinski definition) is 3. The summed E-state index contributed by atoms with van der Waals surface area (Å²) in [7, 11) is 0. The Morgan fingerprint density at radius 1 is 1.55 bits per heavy atom. The normalized spacial score (nSPS) is 33.5. The molecular formula is C8H13NO2. The van der Waals surface area contributed by atoms with Gasteiger partial charge in [0.2, 0.25) is 0 Å². The second-order valence-electron chi connectivity index (χ2n) is 3.28. The van der Waals surface area contributed by atoms with Crippen LogP contribution in [0.2, 0.25) is 0 Å². The third-order valence-corrected chi connectivity index (χ3v) is 2.48. The lowest BCUT2D eigenvalue weighted by atomic mass is 10.2. The zero-order valence-corrected chi connectivity index (χ0v) is 6.58. The molecule has 2 saturated heterocycles. The average molecular weight is 155 g/mol. The highest BCUT2D eigenvalue weighted by atomic mass is 16.5. The number of hydrogen-bond donors (Lipinski definition) is 0. The molecule has 1 unspecified atom stereocenters. The summed E-state index contributed by atoms with van der Waals surface area (Å²) in [6, 6.07) is 0.529. The van der Waals surface area contributed by atoms with E-state index in [1.165, 1.54) is 0 Å². The molecule has 0 bridgehead atoms. The molecule has 0 saturated carbocycles. The predicted octanol–water partition coefficient (Wildman–Crippen LogP) is 0.0501. The van der Waals surface area contributed by atoms with E-state index in [4.69, 9.17) is 4.74 Å². The topological polar surface area (TPSA) is 29.5 Å². The molecule has 3 heteroatoms. The molecule has 0 aromatic heterocycles. The van der Waals surface area contributed by atoms with Crippen LogP contribution in [0.15, 0.2) is 0 Å². The second-order valence-corrected chi connectivity index (χ2v) is 3.28. The van der Waals surface area contributed by atoms with Crippen molar-refractivity contribution in [1.29, 1.82) is 0 Å². The van der Waals surface area contributed by atoms with E-state index in [0.29, 0.717) is 18.4 Å². The molecule has 0 aromatic rings. The van der Waals surface area contributed by atoms with Crippen molar-refractivity contribution in [2.24, 2.45) is 0 Å². The van der Waals surface area contributed by atoms with Crippen molar-refractivity contribution in [1.82, 2.24) is 4.90 Å². The Hall–Kier alpha value is -0.410. The van der Waals surface area contributed by atoms with Gasteiger partial charge in [0.1, 0.15) is 5.78 Å². The van der Waals surface area contributed by atoms with E-state index in [1.807, 2.05) is 0 Å². The Kier molecular flexibility index (Phi) is 1.92. The predicted molar refractivity (Wildman–Crippen MR) is 40.4 cm³/mol. The van der Waals surface area contributed by atoms with E-state index >= 15 is 0 Å². The second kappa shape index (κ2) is 2.91. The monoisotopic (exact) mass is 155 g/mol. The molecule has 2 aliphatic rings. The van der Waals surface area contributed by atoms with Gasteiger partial charge in [0.05, 0.1) is 13.2 Å². The molecule has 2 heterocycles. The molecule has 0 radical (unpaired) electrons. The fourth-order valence-corrected chi connectivity index (χ4v) is 1.77. The molecule has 11 heavy (non-hydrogen) atoms. The molecule has 2 fully saturated rings. The summed E-state index contributed by atoms with van der Waals surface area (Å²) in [5.41, 5.74) is 0. The molecule has 0 amide bonds. The number of carbonyl (C=O) groups is 1. The van der Waals surface area contributed by atoms with Gasteiger partial charge in [0, 0.05) is 25.6 Å². The highest BCUT2D eigenvalue weighted by Crippen LogP contribution is 2.16. The Morgan fingerprint density at radius 3 is 3.00 bits per heavy atom. The molecule has 0 aromatic carbocycles. The third-order valence-electron chi connectivity index (χ3n) is 2.48. The minimum Gasteiger partial charge on any atom is -0.380 e. The van der Waals surface area contributed by atoms with Gasteiger partial charge >= 0.3 is 0 Å². The number of nitrogens with zero attached hydrogens (tertiary/aromatic N) is 1. The smallest absolute Gasteiger partial charge is 0.148 e. The Morgan fingerprint density at radius 2 is 2.45 bits per heavy atom. The Balaban J connectivity index is 1.90. The van der Waals surface area contributed by atoms with E-state index in [2.05, 4.69) is 4.90 Å². The van der Waals surface area contributed by atoms with Gasteiger partial charge < -0.3 is 4.74 Å². The Bertz CT molecular complexity index is 163. The summed E-state index contributed by atoms with van der Waals surface area (Å²) < 4.78 is 5.25. The van der Waals surface area contributed by atoms with Gasteiger partial charge in [-0.3, -0.25) is 9.69 Å². The fourth-order valence-electron chi connectivity index (χ4n) is 1.77. The first-order chi connectivity index (χ1) is 5.36. The molecule has 3 nitrogen and oxygen atoms in total. The van der Waals surface area contributed by atoms with E-state index < -0.39 is 0 Å². The molecule has 2 rings (SSSR count). The van der Waals surface area contributed by atoms with Crippen molar-refractivity contribution in [2.45, 2.75) is 18.9 Å². The van der Waals surface area contributed by atoms with Gasteiger partial charge in [-0.15, -0.1) is 0 Å². The summed E-state index contributed by atoms with van der Waals surface area (Å²) in [5.74, 6) is 0.386. The first-order valence-electron chi connectivity index (χ1n) is 4.20. The molecule has 0 N–H and O–H groups in total. The van der Waals surface area contributed by atoms with Crippen molar-refractivity contribution in [3.05, 3.63) is 0 Å². The van der Waals surface area contributed by atoms with Gasteiger partial charge in [0.15, 0.2) is 0 Å². The quantitative estimate of drug-likeness (QED) is 0.536. The van der Waals surface area contributed by atoms with Crippen molar-refractivity contribution in [3.63, 3.8) is 0 Å². The van der Waals surface area contributed by atoms with Gasteiger partial charge in [-0.1, -0.05) is 0 Å². The van der Waals surface area contributed by atoms with Crippen molar-refractivity contribution in [3.8, 4) is 0 Å². The summed E-state index contributed by atoms with van der Waals surface area (Å²) in [6.07, 6.45) is 1.85. The number of Topliss-reactive ketones (excluding diaryl/α,β-unsaturated/α-hetero) is 1. The van der Waals surface area contributed by atoms with Gasteiger partial charge in [-0.25, -0.2) is 0 Å². The van der Waals surface area contributed by atoms with Gasteiger partial charge in [0.25, 0.3) is 0 Å². The summed E-state index contributed by atoms with van der Waals surface area (Å²) in [4.78, 5) is 13.2. The largest absolute Gasteiger partial charge is 0.380 e. The molecule has 62 valence electrons. The molecule has 0 spiro atoms. The first-order valence-corrected chi connectivity index (χ1v) is 4.20. The average Bonchev–Trinajstić information content (AvgIpc) is 2.55. The van der Waals surface area contributed by atoms with Crippen LogP contribution in [0.25, 0.3) is 0 Å². The zero-order chi connectivity index (χ0) is 7.68. The summed E-state index contributed by atoms with van der Waals surface area (Å²) in [5, 5.41) is 0. The molecule has 0 aliphatic carbocycles. The van der Waals surface area contributed by atoms with Crippen molar-refractivity contribution < 1.29 is 9.53 Å². The Labute approximate surface area is 66.3 Å². The van der Waals surface area contributed by atoms with Crippen LogP contribution < -0.4 is 0 Å². The van der Waals surface area contributed by atoms with Crippen molar-refractivity contribution in [2.75, 3.05) is 26.3 Å². The minimum absolute atomic E-state index is 0.386. The van der Waals surface area contributed by atoms with Gasteiger partial charge in [-0.2, -0.15) is 0 Å². The number of carbonyl (C=O) groups excluding carboxylic acids is 1. The maximum atomic E-state index is 10.9. The van der Waals surface area contributed by atoms with Gasteiger partial charge in [-0.05, 0) is 6.42 Å². The maximum absolute atomic E-state index is 10.9. The van der Waals surface area contributed by atoms with Crippen molar-refractivity contribution >= 4 is 5.78 Å². The van der Waals surface area contributed by atoms with Crippen LogP contribution >= 0.6 is 0 Å². The molecule has 1 atom stereocenters. The third kappa shape index (κ3) is 1.44. The van der Waals surface area contributed by atoms with Crippen LogP contribution in [-0.2, 0) is 9.53 Å². The lowest BCUT2D eigenvalue weighted by Crippen LogP contribution is -2.33. The number of ketones is 1. The van der Waals surface area contributed by atoms with E-state index in [-0.39, 0.29) is 0 Å². The van der Waals surface area contributed by atoms with E-state index in [1.54, 1.807) is 0 Å². The SMILES string of the molecule is O=C1CCN(C2CCOC2)C1. The van der Waals surface area contributed by atoms with Crippen LogP contribution in [0.3, 0.4) is 0 Å². The highest BCUT2D eigenvalue weighted by Gasteiger charge is 2.28. The zero-order valence-electron chi connectivity index (χ0n) is 6.58. The number of ether oxygens (including phenoxy) is 1. The molecular weight excluding hydrogens is 142 g/mol. The number of rotatable bonds is 1. The van der Waals surface area contributed by atoms with Crippen LogP contribution in [0.4, 0.5) is 0 Å². The lowest BCUT2D eigenvalue weighted by molar-refractivity contribution is -0.117. The van der Waals surface area contributed by atoms with Crippen LogP contribution in [0.5, 0.6) is 0 Å². The van der Waals surface area contributed by atoms with Crippen LogP contribution in [0.1, 0.15) is 12.8 Å². The first kappa shape index (κ1) is 7.25. The fraction of sp³-hybridized carbons (Fsp3) is 0.875. The summed E-state index contributed by atoms with van der Waals surface area (Å²) in [6.45, 7) is 3.31. The standard InChI is InChI=1S/C8H13NO2/c10-8-1-3-9(5-8)7-2-4-11-6-7/h7H,1-6H2. The lowest BCUT2D eigenvalue weighted by Gasteiger charge is -2.19.